The first-order chi connectivity index (χ1) is 9.68. The van der Waals surface area contributed by atoms with Crippen LogP contribution in [0.15, 0.2) is 22.7 Å². The third-order valence-corrected chi connectivity index (χ3v) is 4.28. The summed E-state index contributed by atoms with van der Waals surface area (Å²) in [5, 5.41) is 2.91. The standard InChI is InChI=1S/C12H7BrClF3N2OS/c1-5-18-10(12(15,16)17)9(21-5)11(20)19-8-4-6(14)2-3-7(8)13/h2-4H,1H3,(H,19,20). The number of carbonyl (C=O) groups is 1. The maximum atomic E-state index is 12.8. The van der Waals surface area contributed by atoms with E-state index < -0.39 is 22.7 Å². The van der Waals surface area contributed by atoms with Crippen LogP contribution in [0.2, 0.25) is 5.02 Å². The summed E-state index contributed by atoms with van der Waals surface area (Å²) in [6, 6.07) is 4.60. The molecule has 0 bridgehead atoms. The average molecular weight is 400 g/mol. The van der Waals surface area contributed by atoms with Crippen molar-refractivity contribution in [3.8, 4) is 0 Å². The van der Waals surface area contributed by atoms with Gasteiger partial charge in [-0.3, -0.25) is 4.79 Å². The molecule has 0 atom stereocenters. The predicted octanol–water partition coefficient (Wildman–Crippen LogP) is 5.14. The van der Waals surface area contributed by atoms with Gasteiger partial charge in [0.1, 0.15) is 4.88 Å². The Bertz CT molecular complexity index is 702. The minimum atomic E-state index is -4.68. The summed E-state index contributed by atoms with van der Waals surface area (Å²) in [5.41, 5.74) is -0.896. The van der Waals surface area contributed by atoms with Crippen LogP contribution in [0, 0.1) is 6.92 Å². The molecule has 0 fully saturated rings. The number of benzene rings is 1. The van der Waals surface area contributed by atoms with E-state index >= 15 is 0 Å². The molecule has 9 heteroatoms. The van der Waals surface area contributed by atoms with Gasteiger partial charge in [-0.05, 0) is 41.1 Å². The Morgan fingerprint density at radius 1 is 1.43 bits per heavy atom. The second-order valence-electron chi connectivity index (χ2n) is 3.99. The summed E-state index contributed by atoms with van der Waals surface area (Å²) in [4.78, 5) is 15.0. The number of nitrogens with one attached hydrogen (secondary N) is 1. The maximum absolute atomic E-state index is 12.8. The molecule has 0 spiro atoms. The summed E-state index contributed by atoms with van der Waals surface area (Å²) in [6.07, 6.45) is -4.68. The van der Waals surface area contributed by atoms with Gasteiger partial charge in [-0.1, -0.05) is 11.6 Å². The normalized spacial score (nSPS) is 11.5. The number of halogens is 5. The zero-order chi connectivity index (χ0) is 15.8. The molecule has 2 aromatic rings. The smallest absolute Gasteiger partial charge is 0.320 e. The molecule has 1 aromatic carbocycles. The fraction of sp³-hybridized carbons (Fsp3) is 0.167. The molecule has 0 aliphatic carbocycles. The summed E-state index contributed by atoms with van der Waals surface area (Å²) in [7, 11) is 0. The summed E-state index contributed by atoms with van der Waals surface area (Å²) in [5.74, 6) is -0.879. The SMILES string of the molecule is Cc1nc(C(F)(F)F)c(C(=O)Nc2cc(Cl)ccc2Br)s1. The van der Waals surface area contributed by atoms with Gasteiger partial charge in [0.2, 0.25) is 0 Å². The van der Waals surface area contributed by atoms with Crippen molar-refractivity contribution in [3.63, 3.8) is 0 Å². The quantitative estimate of drug-likeness (QED) is 0.760. The van der Waals surface area contributed by atoms with Crippen LogP contribution in [0.3, 0.4) is 0 Å². The minimum Gasteiger partial charge on any atom is -0.320 e. The van der Waals surface area contributed by atoms with Crippen LogP contribution in [0.4, 0.5) is 18.9 Å². The van der Waals surface area contributed by atoms with Gasteiger partial charge in [-0.2, -0.15) is 13.2 Å². The molecule has 1 heterocycles. The number of hydrogen-bond donors (Lipinski definition) is 1. The second kappa shape index (κ2) is 5.94. The van der Waals surface area contributed by atoms with Crippen molar-refractivity contribution >= 4 is 50.5 Å². The van der Waals surface area contributed by atoms with E-state index in [-0.39, 0.29) is 10.7 Å². The third kappa shape index (κ3) is 3.75. The number of aromatic nitrogens is 1. The molecule has 1 aromatic heterocycles. The predicted molar refractivity (Wildman–Crippen MR) is 79.0 cm³/mol. The Kier molecular flexibility index (Phi) is 4.60. The Hall–Kier alpha value is -1.12. The molecule has 2 rings (SSSR count). The average Bonchev–Trinajstić information content (AvgIpc) is 2.76. The van der Waals surface area contributed by atoms with Crippen molar-refractivity contribution < 1.29 is 18.0 Å². The van der Waals surface area contributed by atoms with Crippen molar-refractivity contribution in [1.82, 2.24) is 4.98 Å². The van der Waals surface area contributed by atoms with E-state index in [0.29, 0.717) is 20.8 Å². The zero-order valence-electron chi connectivity index (χ0n) is 10.4. The fourth-order valence-electron chi connectivity index (χ4n) is 1.55. The Morgan fingerprint density at radius 2 is 2.10 bits per heavy atom. The molecule has 3 nitrogen and oxygen atoms in total. The molecule has 0 unspecified atom stereocenters. The zero-order valence-corrected chi connectivity index (χ0v) is 13.5. The molecule has 0 radical (unpaired) electrons. The number of anilines is 1. The number of nitrogens with zero attached hydrogens (tertiary/aromatic N) is 1. The highest BCUT2D eigenvalue weighted by molar-refractivity contribution is 9.10. The number of alkyl halides is 3. The Labute approximate surface area is 135 Å². The lowest BCUT2D eigenvalue weighted by atomic mass is 10.3. The number of amides is 1. The number of carbonyl (C=O) groups excluding carboxylic acids is 1. The van der Waals surface area contributed by atoms with Crippen molar-refractivity contribution in [2.75, 3.05) is 5.32 Å². The lowest BCUT2D eigenvalue weighted by Crippen LogP contribution is -2.17. The lowest BCUT2D eigenvalue weighted by Gasteiger charge is -2.09. The molecule has 0 saturated heterocycles. The lowest BCUT2D eigenvalue weighted by molar-refractivity contribution is -0.141. The van der Waals surface area contributed by atoms with Gasteiger partial charge in [0.05, 0.1) is 10.7 Å². The summed E-state index contributed by atoms with van der Waals surface area (Å²) < 4.78 is 39.0. The first kappa shape index (κ1) is 16.3. The molecule has 21 heavy (non-hydrogen) atoms. The van der Waals surface area contributed by atoms with Gasteiger partial charge >= 0.3 is 6.18 Å². The van der Waals surface area contributed by atoms with Gasteiger partial charge in [-0.15, -0.1) is 11.3 Å². The topological polar surface area (TPSA) is 42.0 Å². The van der Waals surface area contributed by atoms with Gasteiger partial charge < -0.3 is 5.32 Å². The molecular weight excluding hydrogens is 393 g/mol. The molecule has 1 amide bonds. The molecule has 112 valence electrons. The number of thiazole rings is 1. The Morgan fingerprint density at radius 3 is 2.71 bits per heavy atom. The van der Waals surface area contributed by atoms with Crippen LogP contribution in [0.5, 0.6) is 0 Å². The fourth-order valence-corrected chi connectivity index (χ4v) is 2.90. The number of rotatable bonds is 2. The van der Waals surface area contributed by atoms with E-state index in [9.17, 15) is 18.0 Å². The van der Waals surface area contributed by atoms with Gasteiger partial charge in [0.25, 0.3) is 5.91 Å². The largest absolute Gasteiger partial charge is 0.435 e. The van der Waals surface area contributed by atoms with Crippen molar-refractivity contribution in [1.29, 1.82) is 0 Å². The highest BCUT2D eigenvalue weighted by atomic mass is 79.9. The van der Waals surface area contributed by atoms with Crippen LogP contribution in [0.1, 0.15) is 20.4 Å². The first-order valence-electron chi connectivity index (χ1n) is 5.49. The van der Waals surface area contributed by atoms with E-state index in [1.54, 1.807) is 12.1 Å². The first-order valence-corrected chi connectivity index (χ1v) is 7.48. The van der Waals surface area contributed by atoms with E-state index in [1.165, 1.54) is 13.0 Å². The third-order valence-electron chi connectivity index (χ3n) is 2.39. The van der Waals surface area contributed by atoms with Crippen LogP contribution < -0.4 is 5.32 Å². The van der Waals surface area contributed by atoms with E-state index in [4.69, 9.17) is 11.6 Å². The summed E-state index contributed by atoms with van der Waals surface area (Å²) >= 11 is 9.67. The monoisotopic (exact) mass is 398 g/mol. The molecule has 1 N–H and O–H groups in total. The van der Waals surface area contributed by atoms with Crippen molar-refractivity contribution in [3.05, 3.63) is 43.3 Å². The molecule has 0 aliphatic heterocycles. The van der Waals surface area contributed by atoms with E-state index in [1.807, 2.05) is 0 Å². The van der Waals surface area contributed by atoms with Crippen LogP contribution >= 0.6 is 38.9 Å². The summed E-state index contributed by atoms with van der Waals surface area (Å²) in [6.45, 7) is 1.41. The van der Waals surface area contributed by atoms with Gasteiger partial charge in [0, 0.05) is 9.50 Å². The van der Waals surface area contributed by atoms with Crippen molar-refractivity contribution in [2.24, 2.45) is 0 Å². The highest BCUT2D eigenvalue weighted by Crippen LogP contribution is 2.35. The van der Waals surface area contributed by atoms with Crippen LogP contribution in [-0.2, 0) is 6.18 Å². The molecule has 0 saturated carbocycles. The van der Waals surface area contributed by atoms with Crippen LogP contribution in [-0.4, -0.2) is 10.9 Å². The van der Waals surface area contributed by atoms with E-state index in [0.717, 1.165) is 0 Å². The van der Waals surface area contributed by atoms with E-state index in [2.05, 4.69) is 26.2 Å². The van der Waals surface area contributed by atoms with Gasteiger partial charge in [0.15, 0.2) is 5.69 Å². The molecule has 0 aliphatic rings. The minimum absolute atomic E-state index is 0.164. The molecular formula is C12H7BrClF3N2OS. The van der Waals surface area contributed by atoms with Crippen molar-refractivity contribution in [2.45, 2.75) is 13.1 Å². The Balaban J connectivity index is 2.35. The number of hydrogen-bond acceptors (Lipinski definition) is 3. The number of aryl methyl sites for hydroxylation is 1. The maximum Gasteiger partial charge on any atom is 0.435 e. The highest BCUT2D eigenvalue weighted by Gasteiger charge is 2.39. The van der Waals surface area contributed by atoms with Gasteiger partial charge in [-0.25, -0.2) is 4.98 Å². The second-order valence-corrected chi connectivity index (χ2v) is 6.48. The van der Waals surface area contributed by atoms with Crippen LogP contribution in [0.25, 0.3) is 0 Å².